The van der Waals surface area contributed by atoms with Crippen LogP contribution in [0.2, 0.25) is 0 Å². The first-order valence-electron chi connectivity index (χ1n) is 8.86. The highest BCUT2D eigenvalue weighted by Crippen LogP contribution is 2.19. The first-order valence-corrected chi connectivity index (χ1v) is 10.7. The largest absolute Gasteiger partial charge is 0.367 e. The number of aryl methyl sites for hydroxylation is 1. The predicted molar refractivity (Wildman–Crippen MR) is 99.7 cm³/mol. The molecular weight excluding hydrogens is 340 g/mol. The summed E-state index contributed by atoms with van der Waals surface area (Å²) < 4.78 is 24.9. The molecule has 0 spiro atoms. The maximum absolute atomic E-state index is 11.6. The van der Waals surface area contributed by atoms with Crippen LogP contribution in [0, 0.1) is 5.92 Å². The van der Waals surface area contributed by atoms with Crippen molar-refractivity contribution >= 4 is 21.5 Å². The second-order valence-corrected chi connectivity index (χ2v) is 9.25. The molecule has 9 heteroatoms. The van der Waals surface area contributed by atoms with Gasteiger partial charge < -0.3 is 15.5 Å². The van der Waals surface area contributed by atoms with E-state index >= 15 is 0 Å². The molecular formula is C16H28N6O2S. The summed E-state index contributed by atoms with van der Waals surface area (Å²) in [4.78, 5) is 6.63. The number of hydrogen-bond donors (Lipinski definition) is 2. The Morgan fingerprint density at radius 1 is 1.44 bits per heavy atom. The zero-order valence-electron chi connectivity index (χ0n) is 15.0. The molecule has 0 radical (unpaired) electrons. The number of anilines is 1. The van der Waals surface area contributed by atoms with E-state index in [-0.39, 0.29) is 11.7 Å². The van der Waals surface area contributed by atoms with Gasteiger partial charge in [0.1, 0.15) is 0 Å². The summed E-state index contributed by atoms with van der Waals surface area (Å²) in [6.45, 7) is 2.60. The summed E-state index contributed by atoms with van der Waals surface area (Å²) >= 11 is 0. The van der Waals surface area contributed by atoms with Crippen molar-refractivity contribution in [2.45, 2.75) is 25.3 Å². The summed E-state index contributed by atoms with van der Waals surface area (Å²) in [5.41, 5.74) is 1.15. The summed E-state index contributed by atoms with van der Waals surface area (Å²) in [6, 6.07) is 0.312. The molecule has 0 saturated carbocycles. The molecule has 25 heavy (non-hydrogen) atoms. The molecule has 2 saturated heterocycles. The average Bonchev–Trinajstić information content (AvgIpc) is 3.17. The van der Waals surface area contributed by atoms with E-state index in [4.69, 9.17) is 0 Å². The minimum absolute atomic E-state index is 0.182. The Bertz CT molecular complexity index is 714. The lowest BCUT2D eigenvalue weighted by atomic mass is 10.1. The molecule has 2 N–H and O–H groups in total. The fraction of sp³-hybridized carbons (Fsp3) is 0.750. The van der Waals surface area contributed by atoms with Crippen molar-refractivity contribution in [3.8, 4) is 0 Å². The maximum Gasteiger partial charge on any atom is 0.191 e. The lowest BCUT2D eigenvalue weighted by molar-refractivity contribution is 0.465. The first-order chi connectivity index (χ1) is 11.9. The van der Waals surface area contributed by atoms with Gasteiger partial charge in [-0.15, -0.1) is 0 Å². The normalized spacial score (nSPS) is 26.6. The summed E-state index contributed by atoms with van der Waals surface area (Å²) in [5.74, 6) is 1.53. The molecule has 0 bridgehead atoms. The molecule has 1 aromatic heterocycles. The number of sulfone groups is 1. The summed E-state index contributed by atoms with van der Waals surface area (Å²) in [5, 5.41) is 11.0. The Balaban J connectivity index is 1.49. The Labute approximate surface area is 149 Å². The van der Waals surface area contributed by atoms with Crippen LogP contribution in [0.25, 0.3) is 0 Å². The zero-order chi connectivity index (χ0) is 17.9. The van der Waals surface area contributed by atoms with E-state index in [2.05, 4.69) is 25.6 Å². The van der Waals surface area contributed by atoms with Crippen LogP contribution in [0.15, 0.2) is 17.4 Å². The van der Waals surface area contributed by atoms with Gasteiger partial charge in [-0.05, 0) is 25.2 Å². The average molecular weight is 369 g/mol. The molecule has 3 heterocycles. The number of piperidine rings is 1. The van der Waals surface area contributed by atoms with Crippen LogP contribution in [0.1, 0.15) is 19.3 Å². The fourth-order valence-corrected chi connectivity index (χ4v) is 5.42. The molecule has 140 valence electrons. The molecule has 0 aliphatic carbocycles. The van der Waals surface area contributed by atoms with Crippen molar-refractivity contribution in [3.63, 3.8) is 0 Å². The van der Waals surface area contributed by atoms with Crippen LogP contribution in [0.3, 0.4) is 0 Å². The van der Waals surface area contributed by atoms with E-state index in [0.29, 0.717) is 18.3 Å². The molecule has 2 fully saturated rings. The van der Waals surface area contributed by atoms with Crippen LogP contribution in [0.4, 0.5) is 5.69 Å². The van der Waals surface area contributed by atoms with E-state index in [1.807, 2.05) is 24.1 Å². The predicted octanol–water partition coefficient (Wildman–Crippen LogP) is -0.0114. The van der Waals surface area contributed by atoms with Crippen LogP contribution in [0.5, 0.6) is 0 Å². The van der Waals surface area contributed by atoms with Gasteiger partial charge in [-0.1, -0.05) is 0 Å². The van der Waals surface area contributed by atoms with E-state index in [0.717, 1.165) is 44.0 Å². The molecule has 2 aliphatic rings. The molecule has 1 aromatic rings. The fourth-order valence-electron chi connectivity index (χ4n) is 3.56. The number of aromatic nitrogens is 2. The monoisotopic (exact) mass is 368 g/mol. The maximum atomic E-state index is 11.6. The van der Waals surface area contributed by atoms with Crippen molar-refractivity contribution < 1.29 is 8.42 Å². The Kier molecular flexibility index (Phi) is 5.51. The van der Waals surface area contributed by atoms with Crippen molar-refractivity contribution in [2.75, 3.05) is 43.1 Å². The lowest BCUT2D eigenvalue weighted by Crippen LogP contribution is -2.51. The summed E-state index contributed by atoms with van der Waals surface area (Å²) in [7, 11) is 0.853. The smallest absolute Gasteiger partial charge is 0.191 e. The molecule has 8 nitrogen and oxygen atoms in total. The van der Waals surface area contributed by atoms with E-state index in [9.17, 15) is 8.42 Å². The highest BCUT2D eigenvalue weighted by molar-refractivity contribution is 7.91. The van der Waals surface area contributed by atoms with Crippen molar-refractivity contribution in [2.24, 2.45) is 18.0 Å². The zero-order valence-corrected chi connectivity index (χ0v) is 15.8. The number of hydrogen-bond acceptors (Lipinski definition) is 5. The van der Waals surface area contributed by atoms with Gasteiger partial charge in [0.25, 0.3) is 0 Å². The van der Waals surface area contributed by atoms with Crippen LogP contribution < -0.4 is 15.5 Å². The third-order valence-corrected chi connectivity index (χ3v) is 6.76. The molecule has 3 rings (SSSR count). The third kappa shape index (κ3) is 4.87. The van der Waals surface area contributed by atoms with Crippen LogP contribution >= 0.6 is 0 Å². The SMILES string of the molecule is CN=C(NCC1CCS(=O)(=O)C1)NC1CCCN(c2cnn(C)c2)C1. The molecule has 2 aliphatic heterocycles. The number of nitrogens with zero attached hydrogens (tertiary/aromatic N) is 4. The second-order valence-electron chi connectivity index (χ2n) is 7.02. The van der Waals surface area contributed by atoms with Gasteiger partial charge in [0.15, 0.2) is 15.8 Å². The molecule has 2 unspecified atom stereocenters. The van der Waals surface area contributed by atoms with E-state index < -0.39 is 9.84 Å². The number of aliphatic imine (C=N–C) groups is 1. The van der Waals surface area contributed by atoms with Gasteiger partial charge in [-0.25, -0.2) is 8.42 Å². The Morgan fingerprint density at radius 2 is 2.28 bits per heavy atom. The van der Waals surface area contributed by atoms with Crippen LogP contribution in [-0.4, -0.2) is 68.4 Å². The van der Waals surface area contributed by atoms with Gasteiger partial charge in [0.05, 0.1) is 23.4 Å². The Hall–Kier alpha value is -1.77. The second kappa shape index (κ2) is 7.63. The number of guanidine groups is 1. The molecule has 0 aromatic carbocycles. The Morgan fingerprint density at radius 3 is 2.92 bits per heavy atom. The van der Waals surface area contributed by atoms with Gasteiger partial charge in [-0.3, -0.25) is 9.67 Å². The first kappa shape index (κ1) is 18.0. The minimum atomic E-state index is -2.83. The summed E-state index contributed by atoms with van der Waals surface area (Å²) in [6.07, 6.45) is 6.89. The van der Waals surface area contributed by atoms with Crippen molar-refractivity contribution in [1.29, 1.82) is 0 Å². The van der Waals surface area contributed by atoms with E-state index in [1.54, 1.807) is 7.05 Å². The van der Waals surface area contributed by atoms with Gasteiger partial charge in [-0.2, -0.15) is 5.10 Å². The highest BCUT2D eigenvalue weighted by Gasteiger charge is 2.28. The molecule has 2 atom stereocenters. The van der Waals surface area contributed by atoms with Gasteiger partial charge >= 0.3 is 0 Å². The minimum Gasteiger partial charge on any atom is -0.367 e. The lowest BCUT2D eigenvalue weighted by Gasteiger charge is -2.34. The topological polar surface area (TPSA) is 91.6 Å². The standard InChI is InChI=1S/C16H28N6O2S/c1-17-16(18-8-13-5-7-25(23,24)12-13)20-14-4-3-6-22(10-14)15-9-19-21(2)11-15/h9,11,13-14H,3-8,10,12H2,1-2H3,(H2,17,18,20). The third-order valence-electron chi connectivity index (χ3n) is 4.93. The highest BCUT2D eigenvalue weighted by atomic mass is 32.2. The van der Waals surface area contributed by atoms with Crippen molar-refractivity contribution in [3.05, 3.63) is 12.4 Å². The number of rotatable bonds is 4. The number of nitrogens with one attached hydrogen (secondary N) is 2. The van der Waals surface area contributed by atoms with Crippen molar-refractivity contribution in [1.82, 2.24) is 20.4 Å². The van der Waals surface area contributed by atoms with Crippen LogP contribution in [-0.2, 0) is 16.9 Å². The van der Waals surface area contributed by atoms with E-state index in [1.165, 1.54) is 0 Å². The van der Waals surface area contributed by atoms with Gasteiger partial charge in [0.2, 0.25) is 0 Å². The molecule has 0 amide bonds. The quantitative estimate of drug-likeness (QED) is 0.574. The van der Waals surface area contributed by atoms with Gasteiger partial charge in [0, 0.05) is 46.0 Å².